The van der Waals surface area contributed by atoms with Gasteiger partial charge in [0, 0.05) is 5.39 Å². The second-order valence-electron chi connectivity index (χ2n) is 9.26. The van der Waals surface area contributed by atoms with Crippen molar-refractivity contribution in [2.45, 2.75) is 26.2 Å². The number of allylic oxidation sites excluding steroid dienone is 1. The average Bonchev–Trinajstić information content (AvgIpc) is 3.39. The maximum atomic E-state index is 13.4. The van der Waals surface area contributed by atoms with E-state index < -0.39 is 0 Å². The topological polar surface area (TPSA) is 66.9 Å². The summed E-state index contributed by atoms with van der Waals surface area (Å²) in [7, 11) is 0. The molecular formula is C31H27NO5. The van der Waals surface area contributed by atoms with Crippen LogP contribution < -0.4 is 14.2 Å². The largest absolute Gasteiger partial charge is 0.490 e. The molecule has 3 aromatic carbocycles. The van der Waals surface area contributed by atoms with Crippen molar-refractivity contribution in [2.75, 3.05) is 20.0 Å². The van der Waals surface area contributed by atoms with Crippen molar-refractivity contribution in [3.8, 4) is 17.2 Å². The molecule has 0 bridgehead atoms. The Morgan fingerprint density at radius 3 is 2.70 bits per heavy atom. The lowest BCUT2D eigenvalue weighted by molar-refractivity contribution is 0.0451. The summed E-state index contributed by atoms with van der Waals surface area (Å²) in [5.74, 6) is 1.92. The summed E-state index contributed by atoms with van der Waals surface area (Å²) >= 11 is 0. The zero-order chi connectivity index (χ0) is 25.2. The van der Waals surface area contributed by atoms with Gasteiger partial charge in [-0.15, -0.1) is 0 Å². The van der Waals surface area contributed by atoms with Crippen molar-refractivity contribution in [1.29, 1.82) is 0 Å². The lowest BCUT2D eigenvalue weighted by atomic mass is 9.86. The molecule has 1 aliphatic carbocycles. The minimum absolute atomic E-state index is 0.165. The molecular weight excluding hydrogens is 466 g/mol. The lowest BCUT2D eigenvalue weighted by Gasteiger charge is -2.22. The van der Waals surface area contributed by atoms with Crippen LogP contribution >= 0.6 is 0 Å². The van der Waals surface area contributed by atoms with Crippen LogP contribution in [0.5, 0.6) is 17.2 Å². The van der Waals surface area contributed by atoms with E-state index in [0.29, 0.717) is 5.56 Å². The van der Waals surface area contributed by atoms with Crippen LogP contribution in [0.15, 0.2) is 66.7 Å². The van der Waals surface area contributed by atoms with Crippen LogP contribution in [-0.4, -0.2) is 31.0 Å². The van der Waals surface area contributed by atoms with Gasteiger partial charge in [0.05, 0.1) is 16.8 Å². The molecule has 37 heavy (non-hydrogen) atoms. The number of fused-ring (bicyclic) bond motifs is 3. The number of hydrogen-bond donors (Lipinski definition) is 0. The molecule has 6 nitrogen and oxygen atoms in total. The first kappa shape index (κ1) is 23.1. The number of para-hydroxylation sites is 1. The molecule has 0 N–H and O–H groups in total. The zero-order valence-corrected chi connectivity index (χ0v) is 20.7. The molecule has 0 saturated heterocycles. The van der Waals surface area contributed by atoms with Crippen LogP contribution in [-0.2, 0) is 11.2 Å². The molecule has 0 fully saturated rings. The highest BCUT2D eigenvalue weighted by Crippen LogP contribution is 2.38. The van der Waals surface area contributed by atoms with Crippen LogP contribution in [0.25, 0.3) is 22.6 Å². The Balaban J connectivity index is 1.29. The van der Waals surface area contributed by atoms with Crippen molar-refractivity contribution < 1.29 is 23.7 Å². The van der Waals surface area contributed by atoms with Crippen molar-refractivity contribution in [1.82, 2.24) is 4.98 Å². The van der Waals surface area contributed by atoms with Gasteiger partial charge < -0.3 is 18.9 Å². The molecule has 4 aromatic rings. The number of aryl methyl sites for hydroxylation is 1. The number of hydrogen-bond acceptors (Lipinski definition) is 6. The monoisotopic (exact) mass is 493 g/mol. The van der Waals surface area contributed by atoms with Gasteiger partial charge in [-0.25, -0.2) is 9.78 Å². The van der Waals surface area contributed by atoms with Gasteiger partial charge in [-0.05, 0) is 79.3 Å². The SMILES string of the molecule is Cc1ccc(OCCOC(=O)c2c3c(nc4ccccc24)C(=Cc2ccc4c(c2)OCO4)CCC3)cc1. The highest BCUT2D eigenvalue weighted by Gasteiger charge is 2.26. The van der Waals surface area contributed by atoms with E-state index in [1.165, 1.54) is 5.56 Å². The summed E-state index contributed by atoms with van der Waals surface area (Å²) in [6.45, 7) is 2.72. The minimum atomic E-state index is -0.341. The summed E-state index contributed by atoms with van der Waals surface area (Å²) in [6.07, 6.45) is 4.72. The van der Waals surface area contributed by atoms with Crippen molar-refractivity contribution >= 4 is 28.5 Å². The first-order valence-corrected chi connectivity index (χ1v) is 12.5. The quantitative estimate of drug-likeness (QED) is 0.229. The maximum Gasteiger partial charge on any atom is 0.339 e. The Bertz CT molecular complexity index is 1510. The van der Waals surface area contributed by atoms with Crippen molar-refractivity contribution in [2.24, 2.45) is 0 Å². The van der Waals surface area contributed by atoms with Crippen LogP contribution in [0.3, 0.4) is 0 Å². The Kier molecular flexibility index (Phi) is 6.23. The predicted octanol–water partition coefficient (Wildman–Crippen LogP) is 6.38. The third-order valence-electron chi connectivity index (χ3n) is 6.72. The fraction of sp³-hybridized carbons (Fsp3) is 0.226. The van der Waals surface area contributed by atoms with Gasteiger partial charge in [-0.1, -0.05) is 42.0 Å². The normalized spacial score (nSPS) is 15.0. The van der Waals surface area contributed by atoms with E-state index >= 15 is 0 Å². The number of ether oxygens (including phenoxy) is 4. The number of pyridine rings is 1. The second-order valence-corrected chi connectivity index (χ2v) is 9.26. The van der Waals surface area contributed by atoms with Crippen LogP contribution in [0, 0.1) is 6.92 Å². The molecule has 0 unspecified atom stereocenters. The molecule has 2 heterocycles. The van der Waals surface area contributed by atoms with E-state index in [1.54, 1.807) is 0 Å². The summed E-state index contributed by atoms with van der Waals surface area (Å²) < 4.78 is 22.4. The van der Waals surface area contributed by atoms with Crippen LogP contribution in [0.2, 0.25) is 0 Å². The number of carbonyl (C=O) groups is 1. The smallest absolute Gasteiger partial charge is 0.339 e. The maximum absolute atomic E-state index is 13.4. The number of rotatable bonds is 6. The second kappa shape index (κ2) is 9.97. The highest BCUT2D eigenvalue weighted by molar-refractivity contribution is 6.06. The molecule has 6 rings (SSSR count). The molecule has 0 amide bonds. The first-order valence-electron chi connectivity index (χ1n) is 12.5. The minimum Gasteiger partial charge on any atom is -0.490 e. The van der Waals surface area contributed by atoms with E-state index in [9.17, 15) is 4.79 Å². The lowest BCUT2D eigenvalue weighted by Crippen LogP contribution is -2.17. The van der Waals surface area contributed by atoms with Gasteiger partial charge in [0.25, 0.3) is 0 Å². The molecule has 6 heteroatoms. The Hall–Kier alpha value is -4.32. The molecule has 0 radical (unpaired) electrons. The van der Waals surface area contributed by atoms with Gasteiger partial charge >= 0.3 is 5.97 Å². The van der Waals surface area contributed by atoms with E-state index in [-0.39, 0.29) is 26.0 Å². The fourth-order valence-corrected chi connectivity index (χ4v) is 4.91. The van der Waals surface area contributed by atoms with Crippen molar-refractivity contribution in [3.63, 3.8) is 0 Å². The Morgan fingerprint density at radius 1 is 0.973 bits per heavy atom. The van der Waals surface area contributed by atoms with Crippen LogP contribution in [0.4, 0.5) is 0 Å². The molecule has 186 valence electrons. The van der Waals surface area contributed by atoms with E-state index in [2.05, 4.69) is 6.08 Å². The Morgan fingerprint density at radius 2 is 1.81 bits per heavy atom. The summed E-state index contributed by atoms with van der Waals surface area (Å²) in [5.41, 5.74) is 6.48. The van der Waals surface area contributed by atoms with Crippen LogP contribution in [0.1, 0.15) is 45.6 Å². The first-order chi connectivity index (χ1) is 18.2. The molecule has 0 saturated carbocycles. The van der Waals surface area contributed by atoms with E-state index in [0.717, 1.165) is 69.8 Å². The summed E-state index contributed by atoms with van der Waals surface area (Å²) in [6, 6.07) is 21.5. The molecule has 0 spiro atoms. The standard InChI is InChI=1S/C31H27NO5/c1-20-9-12-23(13-10-20)34-15-16-35-31(33)29-24-6-2-3-8-26(24)32-30-22(5-4-7-25(29)30)17-21-11-14-27-28(18-21)37-19-36-27/h2-3,6,8-14,17-18H,4-5,7,15-16,19H2,1H3. The van der Waals surface area contributed by atoms with Gasteiger partial charge in [-0.3, -0.25) is 0 Å². The van der Waals surface area contributed by atoms with Gasteiger partial charge in [0.15, 0.2) is 11.5 Å². The van der Waals surface area contributed by atoms with E-state index in [1.807, 2.05) is 73.7 Å². The molecule has 2 aliphatic rings. The number of aromatic nitrogens is 1. The third-order valence-corrected chi connectivity index (χ3v) is 6.72. The number of benzene rings is 3. The summed E-state index contributed by atoms with van der Waals surface area (Å²) in [5, 5.41) is 0.815. The fourth-order valence-electron chi connectivity index (χ4n) is 4.91. The number of carbonyl (C=O) groups excluding carboxylic acids is 1. The average molecular weight is 494 g/mol. The third kappa shape index (κ3) is 4.75. The summed E-state index contributed by atoms with van der Waals surface area (Å²) in [4.78, 5) is 18.4. The van der Waals surface area contributed by atoms with Gasteiger partial charge in [0.1, 0.15) is 19.0 Å². The molecule has 0 atom stereocenters. The predicted molar refractivity (Wildman–Crippen MR) is 142 cm³/mol. The number of nitrogens with zero attached hydrogens (tertiary/aromatic N) is 1. The van der Waals surface area contributed by atoms with Gasteiger partial charge in [0.2, 0.25) is 6.79 Å². The molecule has 1 aliphatic heterocycles. The zero-order valence-electron chi connectivity index (χ0n) is 20.7. The van der Waals surface area contributed by atoms with Gasteiger partial charge in [-0.2, -0.15) is 0 Å². The Labute approximate surface area is 215 Å². The van der Waals surface area contributed by atoms with Crippen molar-refractivity contribution in [3.05, 3.63) is 94.7 Å². The highest BCUT2D eigenvalue weighted by atomic mass is 16.7. The van der Waals surface area contributed by atoms with E-state index in [4.69, 9.17) is 23.9 Å². The number of esters is 1. The molecule has 1 aromatic heterocycles.